The summed E-state index contributed by atoms with van der Waals surface area (Å²) in [6, 6.07) is 3.30. The Balaban J connectivity index is 3.02. The van der Waals surface area contributed by atoms with Crippen LogP contribution in [0.2, 0.25) is 5.02 Å². The normalized spacial score (nSPS) is 9.94. The Hall–Kier alpha value is -0.870. The van der Waals surface area contributed by atoms with Crippen LogP contribution in [-0.4, -0.2) is 18.9 Å². The van der Waals surface area contributed by atoms with E-state index in [1.165, 1.54) is 0 Å². The Labute approximate surface area is 107 Å². The summed E-state index contributed by atoms with van der Waals surface area (Å²) in [6.45, 7) is 2.05. The summed E-state index contributed by atoms with van der Waals surface area (Å²) in [5, 5.41) is 0.323. The summed E-state index contributed by atoms with van der Waals surface area (Å²) in [6.07, 6.45) is 0.685. The van der Waals surface area contributed by atoms with Crippen molar-refractivity contribution in [1.29, 1.82) is 0 Å². The topological polar surface area (TPSA) is 43.4 Å². The lowest BCUT2D eigenvalue weighted by atomic mass is 10.1. The van der Waals surface area contributed by atoms with Crippen molar-refractivity contribution in [3.8, 4) is 0 Å². The maximum absolute atomic E-state index is 11.3. The predicted molar refractivity (Wildman–Crippen MR) is 64.9 cm³/mol. The Morgan fingerprint density at radius 1 is 1.56 bits per heavy atom. The number of carbonyl (C=O) groups excluding carboxylic acids is 2. The summed E-state index contributed by atoms with van der Waals surface area (Å²) in [7, 11) is 0. The molecular formula is C11H10BrClO3. The van der Waals surface area contributed by atoms with Gasteiger partial charge in [-0.2, -0.15) is 0 Å². The smallest absolute Gasteiger partial charge is 0.310 e. The predicted octanol–water partition coefficient (Wildman–Crippen LogP) is 3.02. The van der Waals surface area contributed by atoms with Crippen molar-refractivity contribution in [3.63, 3.8) is 0 Å². The summed E-state index contributed by atoms with van der Waals surface area (Å²) in [5.74, 6) is -0.375. The number of hydrogen-bond acceptors (Lipinski definition) is 3. The molecule has 0 aliphatic carbocycles. The molecule has 0 aliphatic rings. The lowest BCUT2D eigenvalue weighted by molar-refractivity contribution is -0.142. The van der Waals surface area contributed by atoms with Crippen LogP contribution in [0.3, 0.4) is 0 Å². The molecule has 1 aromatic rings. The molecule has 0 aliphatic heterocycles. The largest absolute Gasteiger partial charge is 0.466 e. The van der Waals surface area contributed by atoms with Gasteiger partial charge < -0.3 is 4.74 Å². The highest BCUT2D eigenvalue weighted by Crippen LogP contribution is 2.25. The molecule has 0 unspecified atom stereocenters. The van der Waals surface area contributed by atoms with Gasteiger partial charge in [0.1, 0.15) is 0 Å². The van der Waals surface area contributed by atoms with Gasteiger partial charge in [0.15, 0.2) is 6.29 Å². The molecular weight excluding hydrogens is 295 g/mol. The minimum absolute atomic E-state index is 0.0427. The van der Waals surface area contributed by atoms with E-state index in [1.54, 1.807) is 19.1 Å². The number of carbonyl (C=O) groups is 2. The van der Waals surface area contributed by atoms with Crippen molar-refractivity contribution in [2.45, 2.75) is 13.3 Å². The number of rotatable bonds is 4. The van der Waals surface area contributed by atoms with E-state index < -0.39 is 0 Å². The molecule has 1 aromatic carbocycles. The quantitative estimate of drug-likeness (QED) is 0.634. The second kappa shape index (κ2) is 6.01. The minimum atomic E-state index is -0.375. The van der Waals surface area contributed by atoms with Crippen LogP contribution in [0.5, 0.6) is 0 Å². The fourth-order valence-corrected chi connectivity index (χ4v) is 2.20. The van der Waals surface area contributed by atoms with Gasteiger partial charge in [0.25, 0.3) is 0 Å². The molecule has 0 amide bonds. The van der Waals surface area contributed by atoms with E-state index in [0.717, 1.165) is 4.47 Å². The van der Waals surface area contributed by atoms with Gasteiger partial charge in [-0.1, -0.05) is 27.5 Å². The van der Waals surface area contributed by atoms with Crippen LogP contribution < -0.4 is 0 Å². The van der Waals surface area contributed by atoms with Crippen molar-refractivity contribution >= 4 is 39.8 Å². The van der Waals surface area contributed by atoms with Crippen molar-refractivity contribution in [3.05, 3.63) is 32.8 Å². The zero-order chi connectivity index (χ0) is 12.1. The van der Waals surface area contributed by atoms with Crippen LogP contribution in [0.1, 0.15) is 22.8 Å². The Bertz CT molecular complexity index is 418. The SMILES string of the molecule is CCOC(=O)Cc1cc(Br)cc(Cl)c1C=O. The third-order valence-corrected chi connectivity index (χ3v) is 2.71. The Kier molecular flexibility index (Phi) is 4.96. The number of hydrogen-bond donors (Lipinski definition) is 0. The molecule has 1 rings (SSSR count). The molecule has 0 saturated carbocycles. The minimum Gasteiger partial charge on any atom is -0.466 e. The van der Waals surface area contributed by atoms with Crippen molar-refractivity contribution < 1.29 is 14.3 Å². The van der Waals surface area contributed by atoms with Gasteiger partial charge in [0.05, 0.1) is 18.1 Å². The van der Waals surface area contributed by atoms with Crippen LogP contribution in [0, 0.1) is 0 Å². The highest BCUT2D eigenvalue weighted by Gasteiger charge is 2.12. The van der Waals surface area contributed by atoms with Gasteiger partial charge in [-0.15, -0.1) is 0 Å². The molecule has 0 bridgehead atoms. The van der Waals surface area contributed by atoms with Crippen molar-refractivity contribution in [1.82, 2.24) is 0 Å². The maximum Gasteiger partial charge on any atom is 0.310 e. The van der Waals surface area contributed by atoms with Gasteiger partial charge in [0, 0.05) is 10.0 Å². The zero-order valence-electron chi connectivity index (χ0n) is 8.63. The molecule has 86 valence electrons. The Morgan fingerprint density at radius 3 is 2.81 bits per heavy atom. The van der Waals surface area contributed by atoms with Crippen LogP contribution in [0.25, 0.3) is 0 Å². The molecule has 5 heteroatoms. The summed E-state index contributed by atoms with van der Waals surface area (Å²) >= 11 is 9.13. The van der Waals surface area contributed by atoms with Crippen LogP contribution in [-0.2, 0) is 16.0 Å². The summed E-state index contributed by atoms with van der Waals surface area (Å²) in [5.41, 5.74) is 0.894. The van der Waals surface area contributed by atoms with Crippen molar-refractivity contribution in [2.24, 2.45) is 0 Å². The average molecular weight is 306 g/mol. The lowest BCUT2D eigenvalue weighted by Crippen LogP contribution is -2.09. The molecule has 0 radical (unpaired) electrons. The van der Waals surface area contributed by atoms with Crippen LogP contribution in [0.4, 0.5) is 0 Å². The first-order chi connectivity index (χ1) is 7.58. The van der Waals surface area contributed by atoms with Gasteiger partial charge in [-0.25, -0.2) is 0 Å². The second-order valence-corrected chi connectivity index (χ2v) is 4.38. The van der Waals surface area contributed by atoms with E-state index in [2.05, 4.69) is 15.9 Å². The number of ether oxygens (including phenoxy) is 1. The van der Waals surface area contributed by atoms with E-state index in [0.29, 0.717) is 29.0 Å². The van der Waals surface area contributed by atoms with Crippen LogP contribution >= 0.6 is 27.5 Å². The van der Waals surface area contributed by atoms with E-state index >= 15 is 0 Å². The summed E-state index contributed by atoms with van der Waals surface area (Å²) in [4.78, 5) is 22.2. The fraction of sp³-hybridized carbons (Fsp3) is 0.273. The van der Waals surface area contributed by atoms with E-state index in [4.69, 9.17) is 16.3 Å². The van der Waals surface area contributed by atoms with E-state index in [9.17, 15) is 9.59 Å². The molecule has 0 fully saturated rings. The third kappa shape index (κ3) is 3.32. The number of esters is 1. The molecule has 0 saturated heterocycles. The molecule has 0 N–H and O–H groups in total. The van der Waals surface area contributed by atoms with Gasteiger partial charge in [-0.05, 0) is 24.6 Å². The number of benzene rings is 1. The number of halogens is 2. The van der Waals surface area contributed by atoms with Gasteiger partial charge in [0.2, 0.25) is 0 Å². The number of aldehydes is 1. The molecule has 16 heavy (non-hydrogen) atoms. The molecule has 0 heterocycles. The third-order valence-electron chi connectivity index (χ3n) is 1.94. The first-order valence-electron chi connectivity index (χ1n) is 4.67. The first kappa shape index (κ1) is 13.2. The van der Waals surface area contributed by atoms with E-state index in [-0.39, 0.29) is 12.4 Å². The van der Waals surface area contributed by atoms with Gasteiger partial charge >= 0.3 is 5.97 Å². The molecule has 0 spiro atoms. The first-order valence-corrected chi connectivity index (χ1v) is 5.84. The monoisotopic (exact) mass is 304 g/mol. The second-order valence-electron chi connectivity index (χ2n) is 3.06. The lowest BCUT2D eigenvalue weighted by Gasteiger charge is -2.07. The average Bonchev–Trinajstić information content (AvgIpc) is 2.17. The fourth-order valence-electron chi connectivity index (χ4n) is 1.28. The molecule has 3 nitrogen and oxygen atoms in total. The maximum atomic E-state index is 11.3. The molecule has 0 aromatic heterocycles. The van der Waals surface area contributed by atoms with Crippen LogP contribution in [0.15, 0.2) is 16.6 Å². The van der Waals surface area contributed by atoms with Crippen molar-refractivity contribution in [2.75, 3.05) is 6.61 Å². The summed E-state index contributed by atoms with van der Waals surface area (Å²) < 4.78 is 5.54. The Morgan fingerprint density at radius 2 is 2.25 bits per heavy atom. The highest BCUT2D eigenvalue weighted by molar-refractivity contribution is 9.10. The molecule has 0 atom stereocenters. The highest BCUT2D eigenvalue weighted by atomic mass is 79.9. The van der Waals surface area contributed by atoms with E-state index in [1.807, 2.05) is 0 Å². The zero-order valence-corrected chi connectivity index (χ0v) is 11.0. The standard InChI is InChI=1S/C11H10BrClO3/c1-2-16-11(15)4-7-3-8(12)5-10(13)9(7)6-14/h3,5-6H,2,4H2,1H3. The van der Waals surface area contributed by atoms with Gasteiger partial charge in [-0.3, -0.25) is 9.59 Å².